The summed E-state index contributed by atoms with van der Waals surface area (Å²) in [5.74, 6) is 0. The minimum atomic E-state index is 1.22. The lowest BCUT2D eigenvalue weighted by Crippen LogP contribution is -1.88. The van der Waals surface area contributed by atoms with Crippen LogP contribution in [-0.4, -0.2) is 0 Å². The van der Waals surface area contributed by atoms with Crippen molar-refractivity contribution in [3.05, 3.63) is 157 Å². The monoisotopic (exact) mass is 472 g/mol. The molecule has 0 heteroatoms. The van der Waals surface area contributed by atoms with Crippen molar-refractivity contribution in [1.82, 2.24) is 0 Å². The van der Waals surface area contributed by atoms with E-state index in [1.54, 1.807) is 0 Å². The zero-order chi connectivity index (χ0) is 25.0. The van der Waals surface area contributed by atoms with Gasteiger partial charge in [-0.15, -0.1) is 0 Å². The summed E-state index contributed by atoms with van der Waals surface area (Å²) in [4.78, 5) is 0. The molecule has 37 heavy (non-hydrogen) atoms. The molecule has 0 fully saturated rings. The molecule has 0 amide bonds. The molecule has 0 aliphatic heterocycles. The molecule has 0 aliphatic carbocycles. The molecule has 6 rings (SSSR count). The Bertz CT molecular complexity index is 1560. The third-order valence-corrected chi connectivity index (χ3v) is 6.89. The molecule has 0 atom stereocenters. The van der Waals surface area contributed by atoms with E-state index in [2.05, 4.69) is 159 Å². The minimum Gasteiger partial charge on any atom is -0.0622 e. The van der Waals surface area contributed by atoms with Gasteiger partial charge in [-0.25, -0.2) is 0 Å². The normalized spacial score (nSPS) is 10.8. The van der Waals surface area contributed by atoms with Crippen LogP contribution in [-0.2, 0) is 0 Å². The van der Waals surface area contributed by atoms with Crippen LogP contribution in [0.25, 0.3) is 55.6 Å². The molecule has 0 aliphatic rings. The maximum atomic E-state index is 2.33. The van der Waals surface area contributed by atoms with Crippen molar-refractivity contribution < 1.29 is 0 Å². The maximum absolute atomic E-state index is 2.33. The number of aryl methyl sites for hydroxylation is 1. The smallest absolute Gasteiger partial charge is 0.0171 e. The second kappa shape index (κ2) is 10.1. The van der Waals surface area contributed by atoms with Gasteiger partial charge in [0.1, 0.15) is 0 Å². The second-order valence-corrected chi connectivity index (χ2v) is 9.56. The number of rotatable bonds is 5. The summed E-state index contributed by atoms with van der Waals surface area (Å²) in [7, 11) is 0. The first-order chi connectivity index (χ1) is 18.2. The van der Waals surface area contributed by atoms with Gasteiger partial charge < -0.3 is 0 Å². The van der Waals surface area contributed by atoms with Crippen LogP contribution in [0, 0.1) is 6.92 Å². The first-order valence-electron chi connectivity index (χ1n) is 12.8. The average molecular weight is 473 g/mol. The van der Waals surface area contributed by atoms with Crippen molar-refractivity contribution in [1.29, 1.82) is 0 Å². The van der Waals surface area contributed by atoms with Gasteiger partial charge in [-0.3, -0.25) is 0 Å². The number of hydrogen-bond donors (Lipinski definition) is 0. The molecule has 0 aromatic heterocycles. The first-order valence-corrected chi connectivity index (χ1v) is 12.8. The third-order valence-electron chi connectivity index (χ3n) is 6.89. The summed E-state index contributed by atoms with van der Waals surface area (Å²) in [6.07, 6.45) is 0. The Hall–Kier alpha value is -4.68. The standard InChI is InChI=1S/C37H28/c1-27-11-8-16-30(21-27)35-24-36(33-19-9-17-31(22-33)28-12-4-2-5-13-28)26-37(25-35)34-20-10-18-32(23-34)29-14-6-3-7-15-29/h2-26H,1H3. The Labute approximate surface area is 219 Å². The van der Waals surface area contributed by atoms with Crippen LogP contribution in [0.15, 0.2) is 152 Å². The summed E-state index contributed by atoms with van der Waals surface area (Å²) in [5.41, 5.74) is 13.5. The van der Waals surface area contributed by atoms with E-state index in [1.807, 2.05) is 0 Å². The number of hydrogen-bond acceptors (Lipinski definition) is 0. The van der Waals surface area contributed by atoms with Gasteiger partial charge in [-0.1, -0.05) is 127 Å². The summed E-state index contributed by atoms with van der Waals surface area (Å²) in [5, 5.41) is 0. The topological polar surface area (TPSA) is 0 Å². The fourth-order valence-corrected chi connectivity index (χ4v) is 4.97. The molecule has 0 heterocycles. The van der Waals surface area contributed by atoms with Crippen molar-refractivity contribution in [3.63, 3.8) is 0 Å². The highest BCUT2D eigenvalue weighted by molar-refractivity contribution is 5.84. The van der Waals surface area contributed by atoms with E-state index < -0.39 is 0 Å². The van der Waals surface area contributed by atoms with Crippen LogP contribution in [0.4, 0.5) is 0 Å². The Morgan fingerprint density at radius 1 is 0.243 bits per heavy atom. The molecular formula is C37H28. The zero-order valence-electron chi connectivity index (χ0n) is 20.9. The molecule has 0 N–H and O–H groups in total. The van der Waals surface area contributed by atoms with Crippen molar-refractivity contribution in [2.45, 2.75) is 6.92 Å². The Kier molecular flexibility index (Phi) is 6.23. The quantitative estimate of drug-likeness (QED) is 0.234. The van der Waals surface area contributed by atoms with Crippen LogP contribution >= 0.6 is 0 Å². The van der Waals surface area contributed by atoms with E-state index in [9.17, 15) is 0 Å². The van der Waals surface area contributed by atoms with Crippen LogP contribution in [0.2, 0.25) is 0 Å². The van der Waals surface area contributed by atoms with E-state index in [0.29, 0.717) is 0 Å². The summed E-state index contributed by atoms with van der Waals surface area (Å²) in [6, 6.07) is 54.7. The Morgan fingerprint density at radius 3 is 0.946 bits per heavy atom. The molecule has 6 aromatic rings. The van der Waals surface area contributed by atoms with Gasteiger partial charge in [0.05, 0.1) is 0 Å². The second-order valence-electron chi connectivity index (χ2n) is 9.56. The molecule has 0 spiro atoms. The minimum absolute atomic E-state index is 1.22. The molecule has 0 radical (unpaired) electrons. The highest BCUT2D eigenvalue weighted by atomic mass is 14.1. The summed E-state index contributed by atoms with van der Waals surface area (Å²) >= 11 is 0. The van der Waals surface area contributed by atoms with Crippen molar-refractivity contribution in [2.75, 3.05) is 0 Å². The zero-order valence-corrected chi connectivity index (χ0v) is 20.9. The molecule has 0 saturated carbocycles. The van der Waals surface area contributed by atoms with Gasteiger partial charge in [-0.2, -0.15) is 0 Å². The molecule has 6 aromatic carbocycles. The molecule has 0 saturated heterocycles. The van der Waals surface area contributed by atoms with Gasteiger partial charge in [0, 0.05) is 0 Å². The largest absolute Gasteiger partial charge is 0.0622 e. The van der Waals surface area contributed by atoms with E-state index in [1.165, 1.54) is 61.2 Å². The van der Waals surface area contributed by atoms with Gasteiger partial charge in [0.2, 0.25) is 0 Å². The lowest BCUT2D eigenvalue weighted by Gasteiger charge is -2.13. The maximum Gasteiger partial charge on any atom is -0.0171 e. The summed E-state index contributed by atoms with van der Waals surface area (Å²) in [6.45, 7) is 2.15. The average Bonchev–Trinajstić information content (AvgIpc) is 2.98. The van der Waals surface area contributed by atoms with E-state index in [4.69, 9.17) is 0 Å². The summed E-state index contributed by atoms with van der Waals surface area (Å²) < 4.78 is 0. The van der Waals surface area contributed by atoms with E-state index in [-0.39, 0.29) is 0 Å². The Morgan fingerprint density at radius 2 is 0.541 bits per heavy atom. The van der Waals surface area contributed by atoms with E-state index >= 15 is 0 Å². The van der Waals surface area contributed by atoms with E-state index in [0.717, 1.165) is 0 Å². The van der Waals surface area contributed by atoms with Crippen LogP contribution in [0.1, 0.15) is 5.56 Å². The number of benzene rings is 6. The van der Waals surface area contributed by atoms with Crippen LogP contribution < -0.4 is 0 Å². The van der Waals surface area contributed by atoms with Crippen LogP contribution in [0.5, 0.6) is 0 Å². The lowest BCUT2D eigenvalue weighted by molar-refractivity contribution is 1.46. The lowest BCUT2D eigenvalue weighted by atomic mass is 9.91. The van der Waals surface area contributed by atoms with Crippen molar-refractivity contribution in [2.24, 2.45) is 0 Å². The third kappa shape index (κ3) is 5.01. The van der Waals surface area contributed by atoms with Crippen molar-refractivity contribution in [3.8, 4) is 55.6 Å². The first kappa shape index (κ1) is 22.8. The fraction of sp³-hybridized carbons (Fsp3) is 0.0270. The molecular weight excluding hydrogens is 444 g/mol. The van der Waals surface area contributed by atoms with Gasteiger partial charge >= 0.3 is 0 Å². The van der Waals surface area contributed by atoms with Gasteiger partial charge in [0.15, 0.2) is 0 Å². The van der Waals surface area contributed by atoms with Crippen molar-refractivity contribution >= 4 is 0 Å². The molecule has 0 unspecified atom stereocenters. The molecule has 0 bridgehead atoms. The predicted octanol–water partition coefficient (Wildman–Crippen LogP) is 10.3. The van der Waals surface area contributed by atoms with Gasteiger partial charge in [-0.05, 0) is 92.9 Å². The Balaban J connectivity index is 1.51. The van der Waals surface area contributed by atoms with Crippen LogP contribution in [0.3, 0.4) is 0 Å². The predicted molar refractivity (Wildman–Crippen MR) is 158 cm³/mol. The molecule has 0 nitrogen and oxygen atoms in total. The highest BCUT2D eigenvalue weighted by Crippen LogP contribution is 2.35. The SMILES string of the molecule is Cc1cccc(-c2cc(-c3cccc(-c4ccccc4)c3)cc(-c3cccc(-c4ccccc4)c3)c2)c1. The molecule has 176 valence electrons. The highest BCUT2D eigenvalue weighted by Gasteiger charge is 2.10. The van der Waals surface area contributed by atoms with Gasteiger partial charge in [0.25, 0.3) is 0 Å². The fourth-order valence-electron chi connectivity index (χ4n) is 4.97.